The van der Waals surface area contributed by atoms with Crippen molar-refractivity contribution in [2.75, 3.05) is 6.61 Å². The first-order chi connectivity index (χ1) is 11.6. The van der Waals surface area contributed by atoms with Crippen LogP contribution in [0.5, 0.6) is 5.75 Å². The molecule has 0 aromatic heterocycles. The summed E-state index contributed by atoms with van der Waals surface area (Å²) in [7, 11) is 0. The average molecular weight is 361 g/mol. The van der Waals surface area contributed by atoms with E-state index >= 15 is 0 Å². The molecule has 1 aliphatic rings. The number of Topliss-reactive ketones (excluding diaryl/α,β-unsaturated/α-hetero) is 1. The van der Waals surface area contributed by atoms with Gasteiger partial charge >= 0.3 is 0 Å². The number of hydrogen-bond donors (Lipinski definition) is 2. The zero-order chi connectivity index (χ0) is 16.9. The number of fused-ring (bicyclic) bond motifs is 1. The van der Waals surface area contributed by atoms with E-state index in [2.05, 4.69) is 22.8 Å². The molecule has 2 aromatic rings. The molecule has 0 atom stereocenters. The summed E-state index contributed by atoms with van der Waals surface area (Å²) in [5.41, 5.74) is 4.25. The van der Waals surface area contributed by atoms with E-state index in [1.807, 2.05) is 6.07 Å². The third kappa shape index (κ3) is 5.05. The second-order valence-corrected chi connectivity index (χ2v) is 5.86. The van der Waals surface area contributed by atoms with Crippen LogP contribution < -0.4 is 15.4 Å². The number of nitrogens with one attached hydrogen (secondary N) is 2. The number of carbonyl (C=O) groups excluding carboxylic acids is 2. The van der Waals surface area contributed by atoms with Crippen molar-refractivity contribution in [1.82, 2.24) is 10.6 Å². The molecule has 25 heavy (non-hydrogen) atoms. The van der Waals surface area contributed by atoms with Crippen LogP contribution in [0.15, 0.2) is 42.5 Å². The lowest BCUT2D eigenvalue weighted by molar-refractivity contribution is -0.123. The van der Waals surface area contributed by atoms with E-state index < -0.39 is 0 Å². The molecule has 132 valence electrons. The summed E-state index contributed by atoms with van der Waals surface area (Å²) in [5.74, 6) is 0.291. The summed E-state index contributed by atoms with van der Waals surface area (Å²) in [6, 6.07) is 13.1. The first kappa shape index (κ1) is 19.0. The monoisotopic (exact) mass is 360 g/mol. The molecule has 3 rings (SSSR count). The highest BCUT2D eigenvalue weighted by Gasteiger charge is 2.10. The highest BCUT2D eigenvalue weighted by atomic mass is 35.5. The fourth-order valence-electron chi connectivity index (χ4n) is 2.66. The Morgan fingerprint density at radius 2 is 1.92 bits per heavy atom. The smallest absolute Gasteiger partial charge is 0.258 e. The summed E-state index contributed by atoms with van der Waals surface area (Å²) >= 11 is 0. The standard InChI is InChI=1S/C19H20N2O3.ClH/c1-13(22)15-3-2-4-18(8-15)24-12-19(23)21-9-14-5-6-16-10-20-11-17(16)7-14;/h2-8,20H,9-12H2,1H3,(H,21,23);1H. The summed E-state index contributed by atoms with van der Waals surface area (Å²) in [6.45, 7) is 3.69. The molecule has 1 heterocycles. The molecule has 0 spiro atoms. The fraction of sp³-hybridized carbons (Fsp3) is 0.263. The Hall–Kier alpha value is -2.37. The normalized spacial score (nSPS) is 12.0. The van der Waals surface area contributed by atoms with Gasteiger partial charge in [0.1, 0.15) is 5.75 Å². The molecule has 0 fully saturated rings. The van der Waals surface area contributed by atoms with Crippen LogP contribution >= 0.6 is 12.4 Å². The molecule has 1 aliphatic heterocycles. The molecule has 0 saturated heterocycles. The largest absolute Gasteiger partial charge is 0.484 e. The fourth-order valence-corrected chi connectivity index (χ4v) is 2.66. The number of amides is 1. The highest BCUT2D eigenvalue weighted by molar-refractivity contribution is 5.94. The lowest BCUT2D eigenvalue weighted by atomic mass is 10.1. The van der Waals surface area contributed by atoms with Crippen molar-refractivity contribution in [3.05, 3.63) is 64.7 Å². The van der Waals surface area contributed by atoms with Gasteiger partial charge in [0, 0.05) is 25.2 Å². The molecular formula is C19H21ClN2O3. The van der Waals surface area contributed by atoms with Crippen LogP contribution in [0.1, 0.15) is 34.0 Å². The van der Waals surface area contributed by atoms with Crippen LogP contribution in [0.2, 0.25) is 0 Å². The van der Waals surface area contributed by atoms with Crippen molar-refractivity contribution in [2.45, 2.75) is 26.6 Å². The van der Waals surface area contributed by atoms with Crippen molar-refractivity contribution in [3.63, 3.8) is 0 Å². The van der Waals surface area contributed by atoms with Gasteiger partial charge in [-0.2, -0.15) is 0 Å². The van der Waals surface area contributed by atoms with Gasteiger partial charge in [-0.05, 0) is 35.7 Å². The zero-order valence-electron chi connectivity index (χ0n) is 14.0. The lowest BCUT2D eigenvalue weighted by Crippen LogP contribution is -2.28. The summed E-state index contributed by atoms with van der Waals surface area (Å²) in [6.07, 6.45) is 0. The maximum absolute atomic E-state index is 11.9. The summed E-state index contributed by atoms with van der Waals surface area (Å²) < 4.78 is 5.45. The quantitative estimate of drug-likeness (QED) is 0.777. The molecule has 0 radical (unpaired) electrons. The number of carbonyl (C=O) groups is 2. The molecule has 0 bridgehead atoms. The van der Waals surface area contributed by atoms with Crippen LogP contribution in [0.25, 0.3) is 0 Å². The predicted molar refractivity (Wildman–Crippen MR) is 98.0 cm³/mol. The first-order valence-corrected chi connectivity index (χ1v) is 7.94. The Bertz CT molecular complexity index is 777. The van der Waals surface area contributed by atoms with Gasteiger partial charge in [0.15, 0.2) is 12.4 Å². The molecular weight excluding hydrogens is 340 g/mol. The average Bonchev–Trinajstić information content (AvgIpc) is 3.06. The van der Waals surface area contributed by atoms with Crippen LogP contribution in [0.3, 0.4) is 0 Å². The third-order valence-corrected chi connectivity index (χ3v) is 4.00. The van der Waals surface area contributed by atoms with E-state index in [9.17, 15) is 9.59 Å². The predicted octanol–water partition coefficient (Wildman–Crippen LogP) is 2.61. The van der Waals surface area contributed by atoms with E-state index in [0.29, 0.717) is 17.9 Å². The van der Waals surface area contributed by atoms with Crippen molar-refractivity contribution in [1.29, 1.82) is 0 Å². The van der Waals surface area contributed by atoms with Gasteiger partial charge in [-0.25, -0.2) is 0 Å². The van der Waals surface area contributed by atoms with Crippen LogP contribution in [-0.4, -0.2) is 18.3 Å². The van der Waals surface area contributed by atoms with E-state index in [0.717, 1.165) is 18.7 Å². The van der Waals surface area contributed by atoms with Gasteiger partial charge < -0.3 is 15.4 Å². The Kier molecular flexibility index (Phi) is 6.56. The molecule has 1 amide bonds. The van der Waals surface area contributed by atoms with Gasteiger partial charge in [0.2, 0.25) is 0 Å². The number of rotatable bonds is 6. The van der Waals surface area contributed by atoms with Crippen molar-refractivity contribution in [2.24, 2.45) is 0 Å². The van der Waals surface area contributed by atoms with Crippen molar-refractivity contribution >= 4 is 24.1 Å². The van der Waals surface area contributed by atoms with Crippen LogP contribution in [-0.2, 0) is 24.4 Å². The van der Waals surface area contributed by atoms with Gasteiger partial charge in [-0.15, -0.1) is 12.4 Å². The van der Waals surface area contributed by atoms with E-state index in [1.165, 1.54) is 18.1 Å². The molecule has 0 unspecified atom stereocenters. The number of ketones is 1. The minimum absolute atomic E-state index is 0. The van der Waals surface area contributed by atoms with Crippen molar-refractivity contribution in [3.8, 4) is 5.75 Å². The minimum atomic E-state index is -0.193. The molecule has 2 N–H and O–H groups in total. The number of halogens is 1. The Morgan fingerprint density at radius 1 is 1.12 bits per heavy atom. The molecule has 0 aliphatic carbocycles. The Labute approximate surface area is 153 Å². The van der Waals surface area contributed by atoms with Gasteiger partial charge in [0.05, 0.1) is 0 Å². The van der Waals surface area contributed by atoms with Crippen LogP contribution in [0, 0.1) is 0 Å². The Balaban J connectivity index is 0.00000225. The maximum atomic E-state index is 11.9. The first-order valence-electron chi connectivity index (χ1n) is 7.94. The molecule has 0 saturated carbocycles. The van der Waals surface area contributed by atoms with E-state index in [-0.39, 0.29) is 30.7 Å². The number of benzene rings is 2. The second kappa shape index (κ2) is 8.65. The number of hydrogen-bond acceptors (Lipinski definition) is 4. The van der Waals surface area contributed by atoms with Crippen LogP contribution in [0.4, 0.5) is 0 Å². The Morgan fingerprint density at radius 3 is 2.72 bits per heavy atom. The molecule has 2 aromatic carbocycles. The second-order valence-electron chi connectivity index (χ2n) is 5.86. The van der Waals surface area contributed by atoms with Crippen molar-refractivity contribution < 1.29 is 14.3 Å². The lowest BCUT2D eigenvalue weighted by Gasteiger charge is -2.09. The van der Waals surface area contributed by atoms with Gasteiger partial charge in [-0.3, -0.25) is 9.59 Å². The maximum Gasteiger partial charge on any atom is 0.258 e. The van der Waals surface area contributed by atoms with Gasteiger partial charge in [-0.1, -0.05) is 30.3 Å². The zero-order valence-corrected chi connectivity index (χ0v) is 14.8. The van der Waals surface area contributed by atoms with E-state index in [1.54, 1.807) is 24.3 Å². The molecule has 5 nitrogen and oxygen atoms in total. The highest BCUT2D eigenvalue weighted by Crippen LogP contribution is 2.17. The topological polar surface area (TPSA) is 67.4 Å². The SMILES string of the molecule is CC(=O)c1cccc(OCC(=O)NCc2ccc3c(c2)CNC3)c1.Cl. The molecule has 6 heteroatoms. The third-order valence-electron chi connectivity index (χ3n) is 4.00. The minimum Gasteiger partial charge on any atom is -0.484 e. The van der Waals surface area contributed by atoms with E-state index in [4.69, 9.17) is 4.74 Å². The van der Waals surface area contributed by atoms with Gasteiger partial charge in [0.25, 0.3) is 5.91 Å². The summed E-state index contributed by atoms with van der Waals surface area (Å²) in [4.78, 5) is 23.3. The number of ether oxygens (including phenoxy) is 1. The summed E-state index contributed by atoms with van der Waals surface area (Å²) in [5, 5.41) is 6.15.